The van der Waals surface area contributed by atoms with Crippen LogP contribution in [0.3, 0.4) is 0 Å². The van der Waals surface area contributed by atoms with Crippen LogP contribution in [0.1, 0.15) is 40.5 Å². The Morgan fingerprint density at radius 3 is 2.55 bits per heavy atom. The van der Waals surface area contributed by atoms with E-state index in [0.29, 0.717) is 12.5 Å². The predicted molar refractivity (Wildman–Crippen MR) is 75.6 cm³/mol. The van der Waals surface area contributed by atoms with Crippen molar-refractivity contribution < 1.29 is 19.4 Å². The van der Waals surface area contributed by atoms with Gasteiger partial charge < -0.3 is 20.5 Å². The molecule has 1 fully saturated rings. The van der Waals surface area contributed by atoms with E-state index in [0.717, 1.165) is 19.4 Å². The molecule has 116 valence electrons. The van der Waals surface area contributed by atoms with Crippen LogP contribution in [-0.2, 0) is 9.53 Å². The summed E-state index contributed by atoms with van der Waals surface area (Å²) in [4.78, 5) is 23.0. The lowest BCUT2D eigenvalue weighted by molar-refractivity contribution is -0.141. The first-order chi connectivity index (χ1) is 9.25. The van der Waals surface area contributed by atoms with Crippen molar-refractivity contribution in [3.8, 4) is 0 Å². The smallest absolute Gasteiger partial charge is 0.326 e. The summed E-state index contributed by atoms with van der Waals surface area (Å²) in [6.45, 7) is 8.65. The van der Waals surface area contributed by atoms with E-state index in [4.69, 9.17) is 9.84 Å². The molecule has 0 bridgehead atoms. The minimum Gasteiger partial charge on any atom is -0.480 e. The summed E-state index contributed by atoms with van der Waals surface area (Å²) in [5.74, 6) is -0.716. The van der Waals surface area contributed by atoms with Gasteiger partial charge in [0, 0.05) is 19.1 Å². The van der Waals surface area contributed by atoms with Gasteiger partial charge in [0.15, 0.2) is 0 Å². The minimum absolute atomic E-state index is 0.188. The van der Waals surface area contributed by atoms with Gasteiger partial charge in [-0.25, -0.2) is 9.59 Å². The molecule has 0 aromatic rings. The second-order valence-corrected chi connectivity index (χ2v) is 6.36. The highest BCUT2D eigenvalue weighted by molar-refractivity contribution is 5.83. The fourth-order valence-corrected chi connectivity index (χ4v) is 2.43. The number of carbonyl (C=O) groups excluding carboxylic acids is 1. The first-order valence-electron chi connectivity index (χ1n) is 7.14. The van der Waals surface area contributed by atoms with Crippen molar-refractivity contribution >= 4 is 12.0 Å². The van der Waals surface area contributed by atoms with Crippen LogP contribution < -0.4 is 10.6 Å². The molecule has 6 nitrogen and oxygen atoms in total. The molecular formula is C14H26N2O4. The van der Waals surface area contributed by atoms with E-state index in [9.17, 15) is 9.59 Å². The van der Waals surface area contributed by atoms with Crippen molar-refractivity contribution in [2.45, 2.75) is 52.7 Å². The Hall–Kier alpha value is -1.30. The molecule has 3 atom stereocenters. The van der Waals surface area contributed by atoms with Crippen LogP contribution in [0.2, 0.25) is 0 Å². The number of aliphatic carboxylic acids is 1. The highest BCUT2D eigenvalue weighted by Gasteiger charge is 2.33. The maximum atomic E-state index is 11.8. The maximum absolute atomic E-state index is 11.8. The van der Waals surface area contributed by atoms with E-state index in [1.165, 1.54) is 0 Å². The molecule has 0 radical (unpaired) electrons. The van der Waals surface area contributed by atoms with Crippen LogP contribution in [0.25, 0.3) is 0 Å². The lowest BCUT2D eigenvalue weighted by Crippen LogP contribution is -2.53. The van der Waals surface area contributed by atoms with E-state index >= 15 is 0 Å². The van der Waals surface area contributed by atoms with Crippen molar-refractivity contribution in [2.24, 2.45) is 11.3 Å². The maximum Gasteiger partial charge on any atom is 0.326 e. The lowest BCUT2D eigenvalue weighted by atomic mass is 9.87. The van der Waals surface area contributed by atoms with Crippen LogP contribution >= 0.6 is 0 Å². The number of amides is 2. The number of carboxylic acids is 1. The number of hydrogen-bond donors (Lipinski definition) is 3. The van der Waals surface area contributed by atoms with Crippen LogP contribution in [0.15, 0.2) is 0 Å². The summed E-state index contributed by atoms with van der Waals surface area (Å²) >= 11 is 0. The third-order valence-electron chi connectivity index (χ3n) is 3.66. The van der Waals surface area contributed by atoms with Crippen LogP contribution in [0, 0.1) is 11.3 Å². The second-order valence-electron chi connectivity index (χ2n) is 6.36. The van der Waals surface area contributed by atoms with Gasteiger partial charge in [-0.2, -0.15) is 0 Å². The molecule has 0 aliphatic carbocycles. The summed E-state index contributed by atoms with van der Waals surface area (Å²) in [6, 6.07) is -1.35. The van der Waals surface area contributed by atoms with E-state index in [2.05, 4.69) is 17.6 Å². The topological polar surface area (TPSA) is 87.7 Å². The Morgan fingerprint density at radius 2 is 2.05 bits per heavy atom. The fourth-order valence-electron chi connectivity index (χ4n) is 2.43. The standard InChI is InChI=1S/C14H26N2O4/c1-5-10-9(6-7-20-10)8-15-13(19)16-11(12(17)18)14(2,3)4/h9-11H,5-8H2,1-4H3,(H,17,18)(H2,15,16,19)/t9?,10?,11-/m1/s1. The molecular weight excluding hydrogens is 260 g/mol. The normalized spacial score (nSPS) is 24.2. The first-order valence-corrected chi connectivity index (χ1v) is 7.14. The largest absolute Gasteiger partial charge is 0.480 e. The Labute approximate surface area is 120 Å². The number of nitrogens with one attached hydrogen (secondary N) is 2. The van der Waals surface area contributed by atoms with Crippen molar-refractivity contribution in [1.82, 2.24) is 10.6 Å². The summed E-state index contributed by atoms with van der Waals surface area (Å²) in [6.07, 6.45) is 2.04. The van der Waals surface area contributed by atoms with Crippen molar-refractivity contribution in [1.29, 1.82) is 0 Å². The number of hydrogen-bond acceptors (Lipinski definition) is 3. The molecule has 20 heavy (non-hydrogen) atoms. The molecule has 1 aliphatic rings. The van der Waals surface area contributed by atoms with Crippen LogP contribution in [0.5, 0.6) is 0 Å². The number of ether oxygens (including phenoxy) is 1. The summed E-state index contributed by atoms with van der Waals surface area (Å²) in [5.41, 5.74) is -0.536. The highest BCUT2D eigenvalue weighted by atomic mass is 16.5. The third kappa shape index (κ3) is 4.67. The number of rotatable bonds is 5. The molecule has 0 saturated carbocycles. The monoisotopic (exact) mass is 286 g/mol. The SMILES string of the molecule is CCC1OCCC1CNC(=O)N[C@H](C(=O)O)C(C)(C)C. The molecule has 1 heterocycles. The molecule has 2 amide bonds. The summed E-state index contributed by atoms with van der Waals surface area (Å²) < 4.78 is 5.55. The molecule has 3 N–H and O–H groups in total. The second kappa shape index (κ2) is 6.92. The van der Waals surface area contributed by atoms with Crippen molar-refractivity contribution in [3.63, 3.8) is 0 Å². The van der Waals surface area contributed by atoms with Gasteiger partial charge in [-0.3, -0.25) is 0 Å². The quantitative estimate of drug-likeness (QED) is 0.716. The molecule has 1 rings (SSSR count). The average Bonchev–Trinajstić information content (AvgIpc) is 2.78. The lowest BCUT2D eigenvalue weighted by Gasteiger charge is -2.28. The Morgan fingerprint density at radius 1 is 1.40 bits per heavy atom. The van der Waals surface area contributed by atoms with Gasteiger partial charge in [-0.15, -0.1) is 0 Å². The van der Waals surface area contributed by atoms with Gasteiger partial charge in [0.1, 0.15) is 6.04 Å². The van der Waals surface area contributed by atoms with Gasteiger partial charge in [0.05, 0.1) is 6.10 Å². The molecule has 1 aliphatic heterocycles. The highest BCUT2D eigenvalue weighted by Crippen LogP contribution is 2.22. The summed E-state index contributed by atoms with van der Waals surface area (Å²) in [7, 11) is 0. The van der Waals surface area contributed by atoms with Gasteiger partial charge in [0.25, 0.3) is 0 Å². The van der Waals surface area contributed by atoms with Crippen molar-refractivity contribution in [2.75, 3.05) is 13.2 Å². The zero-order valence-corrected chi connectivity index (χ0v) is 12.7. The fraction of sp³-hybridized carbons (Fsp3) is 0.857. The van der Waals surface area contributed by atoms with Gasteiger partial charge in [0.2, 0.25) is 0 Å². The number of carboxylic acid groups (broad SMARTS) is 1. The Bertz CT molecular complexity index is 352. The average molecular weight is 286 g/mol. The first kappa shape index (κ1) is 16.8. The molecule has 0 aromatic carbocycles. The van der Waals surface area contributed by atoms with Crippen LogP contribution in [-0.4, -0.2) is 42.4 Å². The zero-order valence-electron chi connectivity index (χ0n) is 12.7. The number of carbonyl (C=O) groups is 2. The zero-order chi connectivity index (χ0) is 15.3. The molecule has 0 aromatic heterocycles. The van der Waals surface area contributed by atoms with Crippen LogP contribution in [0.4, 0.5) is 4.79 Å². The molecule has 6 heteroatoms. The Kier molecular flexibility index (Phi) is 5.80. The molecule has 2 unspecified atom stereocenters. The summed E-state index contributed by atoms with van der Waals surface area (Å²) in [5, 5.41) is 14.4. The predicted octanol–water partition coefficient (Wildman–Crippen LogP) is 1.60. The minimum atomic E-state index is -1.02. The van der Waals surface area contributed by atoms with Gasteiger partial charge in [-0.1, -0.05) is 27.7 Å². The number of urea groups is 1. The molecule has 0 spiro atoms. The van der Waals surface area contributed by atoms with E-state index < -0.39 is 23.5 Å². The van der Waals surface area contributed by atoms with E-state index in [-0.39, 0.29) is 6.10 Å². The Balaban J connectivity index is 2.44. The molecule has 1 saturated heterocycles. The van der Waals surface area contributed by atoms with Crippen molar-refractivity contribution in [3.05, 3.63) is 0 Å². The van der Waals surface area contributed by atoms with Gasteiger partial charge in [-0.05, 0) is 18.3 Å². The third-order valence-corrected chi connectivity index (χ3v) is 3.66. The van der Waals surface area contributed by atoms with E-state index in [1.54, 1.807) is 20.8 Å². The van der Waals surface area contributed by atoms with Gasteiger partial charge >= 0.3 is 12.0 Å². The van der Waals surface area contributed by atoms with E-state index in [1.807, 2.05) is 0 Å².